The van der Waals surface area contributed by atoms with Crippen LogP contribution >= 0.6 is 0 Å². The van der Waals surface area contributed by atoms with Gasteiger partial charge in [0, 0.05) is 31.7 Å². The minimum atomic E-state index is -3.29. The number of anilines is 1. The van der Waals surface area contributed by atoms with E-state index in [1.807, 2.05) is 0 Å². The molecule has 0 radical (unpaired) electrons. The third-order valence-electron chi connectivity index (χ3n) is 5.97. The standard InChI is InChI=1S/C20H31N5O4S/c1-20(7-3-4-8-20)15-29-18-16(13-21)14-22-19(24-18)23-17-5-9-25(10-6-17)30(26,27)12-11-28-2/h14,17H,3-12,15H2,1-2H3,(H,22,23,24). The first kappa shape index (κ1) is 22.7. The maximum atomic E-state index is 12.3. The molecule has 1 saturated heterocycles. The highest BCUT2D eigenvalue weighted by atomic mass is 32.2. The van der Waals surface area contributed by atoms with E-state index in [0.717, 1.165) is 12.8 Å². The monoisotopic (exact) mass is 437 g/mol. The van der Waals surface area contributed by atoms with Gasteiger partial charge in [-0.05, 0) is 25.7 Å². The molecule has 0 amide bonds. The molecule has 1 aromatic rings. The number of hydrogen-bond donors (Lipinski definition) is 1. The van der Waals surface area contributed by atoms with Crippen LogP contribution in [-0.4, -0.2) is 67.9 Å². The molecule has 1 aliphatic heterocycles. The van der Waals surface area contributed by atoms with Gasteiger partial charge in [-0.1, -0.05) is 19.8 Å². The molecule has 30 heavy (non-hydrogen) atoms. The van der Waals surface area contributed by atoms with Gasteiger partial charge in [0.2, 0.25) is 21.9 Å². The van der Waals surface area contributed by atoms with Crippen molar-refractivity contribution in [2.24, 2.45) is 5.41 Å². The number of aromatic nitrogens is 2. The van der Waals surface area contributed by atoms with Crippen molar-refractivity contribution in [1.29, 1.82) is 5.26 Å². The maximum Gasteiger partial charge on any atom is 0.236 e. The molecule has 166 valence electrons. The molecule has 1 aromatic heterocycles. The first-order valence-electron chi connectivity index (χ1n) is 10.5. The first-order chi connectivity index (χ1) is 14.3. The van der Waals surface area contributed by atoms with E-state index in [9.17, 15) is 13.7 Å². The lowest BCUT2D eigenvalue weighted by atomic mass is 9.90. The van der Waals surface area contributed by atoms with Gasteiger partial charge in [-0.15, -0.1) is 0 Å². The highest BCUT2D eigenvalue weighted by molar-refractivity contribution is 7.89. The van der Waals surface area contributed by atoms with E-state index in [4.69, 9.17) is 9.47 Å². The zero-order valence-corrected chi connectivity index (χ0v) is 18.6. The highest BCUT2D eigenvalue weighted by Crippen LogP contribution is 2.38. The lowest BCUT2D eigenvalue weighted by molar-refractivity contribution is 0.162. The Morgan fingerprint density at radius 3 is 2.67 bits per heavy atom. The second-order valence-corrected chi connectivity index (χ2v) is 10.5. The van der Waals surface area contributed by atoms with E-state index in [-0.39, 0.29) is 23.8 Å². The van der Waals surface area contributed by atoms with E-state index in [0.29, 0.717) is 49.9 Å². The van der Waals surface area contributed by atoms with Crippen LogP contribution in [-0.2, 0) is 14.8 Å². The summed E-state index contributed by atoms with van der Waals surface area (Å²) >= 11 is 0. The van der Waals surface area contributed by atoms with Crippen molar-refractivity contribution in [2.45, 2.75) is 51.5 Å². The Morgan fingerprint density at radius 2 is 2.03 bits per heavy atom. The summed E-state index contributed by atoms with van der Waals surface area (Å²) in [6.07, 6.45) is 7.45. The van der Waals surface area contributed by atoms with Gasteiger partial charge in [0.1, 0.15) is 11.6 Å². The normalized spacial score (nSPS) is 20.0. The number of piperidine rings is 1. The van der Waals surface area contributed by atoms with Crippen molar-refractivity contribution in [3.63, 3.8) is 0 Å². The molecule has 0 unspecified atom stereocenters. The number of hydrogen-bond acceptors (Lipinski definition) is 8. The number of ether oxygens (including phenoxy) is 2. The van der Waals surface area contributed by atoms with E-state index in [2.05, 4.69) is 28.3 Å². The van der Waals surface area contributed by atoms with Gasteiger partial charge >= 0.3 is 0 Å². The molecule has 0 atom stereocenters. The summed E-state index contributed by atoms with van der Waals surface area (Å²) in [6, 6.07) is 2.15. The van der Waals surface area contributed by atoms with E-state index in [1.165, 1.54) is 30.5 Å². The Morgan fingerprint density at radius 1 is 1.33 bits per heavy atom. The van der Waals surface area contributed by atoms with Gasteiger partial charge < -0.3 is 14.8 Å². The summed E-state index contributed by atoms with van der Waals surface area (Å²) in [5, 5.41) is 12.6. The van der Waals surface area contributed by atoms with Gasteiger partial charge in [-0.2, -0.15) is 10.2 Å². The van der Waals surface area contributed by atoms with Crippen molar-refractivity contribution < 1.29 is 17.9 Å². The average molecular weight is 438 g/mol. The molecular weight excluding hydrogens is 406 g/mol. The Balaban J connectivity index is 1.57. The van der Waals surface area contributed by atoms with Crippen LogP contribution < -0.4 is 10.1 Å². The quantitative estimate of drug-likeness (QED) is 0.624. The molecule has 1 aliphatic carbocycles. The second-order valence-electron chi connectivity index (χ2n) is 8.46. The maximum absolute atomic E-state index is 12.3. The number of sulfonamides is 1. The molecule has 3 rings (SSSR count). The van der Waals surface area contributed by atoms with Gasteiger partial charge in [0.25, 0.3) is 0 Å². The number of nitrogens with one attached hydrogen (secondary N) is 1. The van der Waals surface area contributed by atoms with Crippen LogP contribution in [0.15, 0.2) is 6.20 Å². The second kappa shape index (κ2) is 9.90. The fourth-order valence-corrected chi connectivity index (χ4v) is 5.42. The van der Waals surface area contributed by atoms with Gasteiger partial charge in [-0.25, -0.2) is 17.7 Å². The van der Waals surface area contributed by atoms with Gasteiger partial charge in [-0.3, -0.25) is 0 Å². The Labute approximate surface area is 178 Å². The lowest BCUT2D eigenvalue weighted by Gasteiger charge is -2.31. The van der Waals surface area contributed by atoms with Crippen LogP contribution in [0.5, 0.6) is 5.88 Å². The third-order valence-corrected chi connectivity index (χ3v) is 7.80. The Hall–Kier alpha value is -1.96. The molecule has 0 spiro atoms. The van der Waals surface area contributed by atoms with Crippen LogP contribution in [0, 0.1) is 16.7 Å². The minimum Gasteiger partial charge on any atom is -0.476 e. The fourth-order valence-electron chi connectivity index (χ4n) is 4.02. The van der Waals surface area contributed by atoms with Crippen LogP contribution in [0.3, 0.4) is 0 Å². The summed E-state index contributed by atoms with van der Waals surface area (Å²) in [4.78, 5) is 8.66. The molecule has 2 heterocycles. The van der Waals surface area contributed by atoms with E-state index >= 15 is 0 Å². The van der Waals surface area contributed by atoms with Gasteiger partial charge in [0.05, 0.1) is 25.2 Å². The molecule has 2 aliphatic rings. The highest BCUT2D eigenvalue weighted by Gasteiger charge is 2.30. The molecule has 1 saturated carbocycles. The van der Waals surface area contributed by atoms with Crippen molar-refractivity contribution in [2.75, 3.05) is 44.5 Å². The molecule has 0 bridgehead atoms. The molecule has 0 aromatic carbocycles. The largest absolute Gasteiger partial charge is 0.476 e. The number of methoxy groups -OCH3 is 1. The van der Waals surface area contributed by atoms with Crippen molar-refractivity contribution >= 4 is 16.0 Å². The minimum absolute atomic E-state index is 0.0000528. The molecular formula is C20H31N5O4S. The molecule has 1 N–H and O–H groups in total. The number of nitrogens with zero attached hydrogens (tertiary/aromatic N) is 4. The zero-order valence-electron chi connectivity index (χ0n) is 17.8. The predicted molar refractivity (Wildman–Crippen MR) is 113 cm³/mol. The summed E-state index contributed by atoms with van der Waals surface area (Å²) in [5.41, 5.74) is 0.452. The van der Waals surface area contributed by atoms with E-state index in [1.54, 1.807) is 0 Å². The summed E-state index contributed by atoms with van der Waals surface area (Å²) in [7, 11) is -1.79. The first-order valence-corrected chi connectivity index (χ1v) is 12.1. The van der Waals surface area contributed by atoms with Crippen molar-refractivity contribution in [1.82, 2.24) is 14.3 Å². The molecule has 9 nitrogen and oxygen atoms in total. The van der Waals surface area contributed by atoms with Gasteiger partial charge in [0.15, 0.2) is 0 Å². The fraction of sp³-hybridized carbons (Fsp3) is 0.750. The van der Waals surface area contributed by atoms with Crippen molar-refractivity contribution in [3.05, 3.63) is 11.8 Å². The van der Waals surface area contributed by atoms with Crippen LogP contribution in [0.1, 0.15) is 51.0 Å². The van der Waals surface area contributed by atoms with E-state index < -0.39 is 10.0 Å². The molecule has 10 heteroatoms. The lowest BCUT2D eigenvalue weighted by Crippen LogP contribution is -2.43. The number of nitriles is 1. The third kappa shape index (κ3) is 5.80. The Bertz CT molecular complexity index is 856. The predicted octanol–water partition coefficient (Wildman–Crippen LogP) is 2.16. The van der Waals surface area contributed by atoms with Crippen molar-refractivity contribution in [3.8, 4) is 11.9 Å². The Kier molecular flexibility index (Phi) is 7.50. The van der Waals surface area contributed by atoms with Crippen LogP contribution in [0.4, 0.5) is 5.95 Å². The SMILES string of the molecule is COCCS(=O)(=O)N1CCC(Nc2ncc(C#N)c(OCC3(C)CCCC3)n2)CC1. The topological polar surface area (TPSA) is 117 Å². The summed E-state index contributed by atoms with van der Waals surface area (Å²) in [5.74, 6) is 0.712. The summed E-state index contributed by atoms with van der Waals surface area (Å²) < 4.78 is 36.9. The smallest absolute Gasteiger partial charge is 0.236 e. The zero-order chi connectivity index (χ0) is 21.6. The summed E-state index contributed by atoms with van der Waals surface area (Å²) in [6.45, 7) is 3.83. The average Bonchev–Trinajstić information content (AvgIpc) is 3.18. The molecule has 2 fully saturated rings. The van der Waals surface area contributed by atoms with Crippen LogP contribution in [0.25, 0.3) is 0 Å². The number of rotatable bonds is 9. The van der Waals surface area contributed by atoms with Crippen LogP contribution in [0.2, 0.25) is 0 Å².